The van der Waals surface area contributed by atoms with Crippen LogP contribution in [0.3, 0.4) is 0 Å². The Morgan fingerprint density at radius 3 is 2.87 bits per heavy atom. The van der Waals surface area contributed by atoms with E-state index >= 15 is 0 Å². The molecule has 0 aliphatic carbocycles. The van der Waals surface area contributed by atoms with Crippen LogP contribution in [0.25, 0.3) is 0 Å². The predicted molar refractivity (Wildman–Crippen MR) is 117 cm³/mol. The minimum absolute atomic E-state index is 0.0652. The van der Waals surface area contributed by atoms with Crippen LogP contribution in [-0.4, -0.2) is 43.7 Å². The highest BCUT2D eigenvalue weighted by atomic mass is 16.5. The third-order valence-corrected chi connectivity index (χ3v) is 6.55. The molecule has 1 N–H and O–H groups in total. The molecular weight excluding hydrogens is 392 g/mol. The van der Waals surface area contributed by atoms with Gasteiger partial charge in [-0.15, -0.1) is 0 Å². The number of hydrogen-bond acceptors (Lipinski definition) is 4. The molecule has 2 aromatic rings. The molecule has 0 aromatic heterocycles. The molecule has 3 aliphatic heterocycles. The molecule has 0 saturated carbocycles. The quantitative estimate of drug-likeness (QED) is 0.555. The van der Waals surface area contributed by atoms with E-state index in [9.17, 15) is 9.59 Å². The van der Waals surface area contributed by atoms with Gasteiger partial charge in [0.2, 0.25) is 11.8 Å². The Bertz CT molecular complexity index is 1020. The Hall–Kier alpha value is -3.12. The molecule has 3 heterocycles. The van der Waals surface area contributed by atoms with E-state index in [-0.39, 0.29) is 17.9 Å². The van der Waals surface area contributed by atoms with Crippen molar-refractivity contribution in [2.24, 2.45) is 11.8 Å². The smallest absolute Gasteiger partial charge is 0.234 e. The molecule has 6 heteroatoms. The SMILES string of the molecule is COc1cccc(N2CC34C=CC(O3)C(C(=O)NCCCc3ccccc3)C4C2=O)c1. The second kappa shape index (κ2) is 7.85. The van der Waals surface area contributed by atoms with Gasteiger partial charge in [-0.25, -0.2) is 0 Å². The van der Waals surface area contributed by atoms with Crippen LogP contribution < -0.4 is 15.0 Å². The lowest BCUT2D eigenvalue weighted by atomic mass is 9.77. The molecular formula is C25H26N2O4. The maximum absolute atomic E-state index is 13.4. The van der Waals surface area contributed by atoms with Gasteiger partial charge >= 0.3 is 0 Å². The normalized spacial score (nSPS) is 28.1. The lowest BCUT2D eigenvalue weighted by Crippen LogP contribution is -2.44. The number of anilines is 1. The number of hydrogen-bond donors (Lipinski definition) is 1. The van der Waals surface area contributed by atoms with Crippen LogP contribution in [0, 0.1) is 11.8 Å². The highest BCUT2D eigenvalue weighted by molar-refractivity contribution is 6.03. The standard InChI is InChI=1S/C25H26N2O4/c1-30-19-11-5-10-18(15-19)27-16-25-13-12-20(31-25)21(22(25)24(27)29)23(28)26-14-6-9-17-7-3-2-4-8-17/h2-5,7-8,10-13,15,20-22H,6,9,14,16H2,1H3,(H,26,28). The van der Waals surface area contributed by atoms with Gasteiger partial charge < -0.3 is 19.7 Å². The van der Waals surface area contributed by atoms with Gasteiger partial charge in [-0.05, 0) is 30.5 Å². The number of nitrogens with one attached hydrogen (secondary N) is 1. The van der Waals surface area contributed by atoms with E-state index in [4.69, 9.17) is 9.47 Å². The first-order valence-corrected chi connectivity index (χ1v) is 10.8. The van der Waals surface area contributed by atoms with Gasteiger partial charge in [0.15, 0.2) is 0 Å². The number of nitrogens with zero attached hydrogens (tertiary/aromatic N) is 1. The van der Waals surface area contributed by atoms with Gasteiger partial charge in [-0.3, -0.25) is 9.59 Å². The van der Waals surface area contributed by atoms with Crippen molar-refractivity contribution in [2.45, 2.75) is 24.5 Å². The van der Waals surface area contributed by atoms with E-state index in [1.165, 1.54) is 5.56 Å². The van der Waals surface area contributed by atoms with Crippen molar-refractivity contribution in [3.05, 3.63) is 72.3 Å². The fourth-order valence-electron chi connectivity index (χ4n) is 5.06. The Balaban J connectivity index is 1.27. The second-order valence-corrected chi connectivity index (χ2v) is 8.41. The molecule has 4 atom stereocenters. The molecule has 4 unspecified atom stereocenters. The summed E-state index contributed by atoms with van der Waals surface area (Å²) in [4.78, 5) is 28.2. The predicted octanol–water partition coefficient (Wildman–Crippen LogP) is 2.73. The zero-order valence-electron chi connectivity index (χ0n) is 17.5. The lowest BCUT2D eigenvalue weighted by molar-refractivity contribution is -0.131. The first-order chi connectivity index (χ1) is 15.1. The Morgan fingerprint density at radius 1 is 1.23 bits per heavy atom. The summed E-state index contributed by atoms with van der Waals surface area (Å²) in [5.74, 6) is -0.472. The summed E-state index contributed by atoms with van der Waals surface area (Å²) in [5, 5.41) is 3.04. The minimum atomic E-state index is -0.725. The third kappa shape index (κ3) is 3.41. The van der Waals surface area contributed by atoms with Crippen molar-refractivity contribution < 1.29 is 19.1 Å². The van der Waals surface area contributed by atoms with Crippen LogP contribution in [0.5, 0.6) is 5.75 Å². The second-order valence-electron chi connectivity index (χ2n) is 8.41. The summed E-state index contributed by atoms with van der Waals surface area (Å²) in [6.45, 7) is 0.989. The van der Waals surface area contributed by atoms with Gasteiger partial charge in [-0.1, -0.05) is 48.6 Å². The Kier molecular flexibility index (Phi) is 5.02. The van der Waals surface area contributed by atoms with Crippen molar-refractivity contribution in [3.8, 4) is 5.75 Å². The maximum atomic E-state index is 13.4. The first-order valence-electron chi connectivity index (χ1n) is 10.8. The van der Waals surface area contributed by atoms with Gasteiger partial charge in [0.05, 0.1) is 31.6 Å². The fourth-order valence-corrected chi connectivity index (χ4v) is 5.06. The fraction of sp³-hybridized carbons (Fsp3) is 0.360. The molecule has 6 nitrogen and oxygen atoms in total. The van der Waals surface area contributed by atoms with Crippen LogP contribution in [0.1, 0.15) is 12.0 Å². The van der Waals surface area contributed by atoms with Crippen molar-refractivity contribution in [1.82, 2.24) is 5.32 Å². The van der Waals surface area contributed by atoms with E-state index in [2.05, 4.69) is 17.4 Å². The van der Waals surface area contributed by atoms with Crippen molar-refractivity contribution in [1.29, 1.82) is 0 Å². The highest BCUT2D eigenvalue weighted by Gasteiger charge is 2.67. The summed E-state index contributed by atoms with van der Waals surface area (Å²) >= 11 is 0. The summed E-state index contributed by atoms with van der Waals surface area (Å²) in [6.07, 6.45) is 5.33. The molecule has 3 aliphatic rings. The largest absolute Gasteiger partial charge is 0.497 e. The van der Waals surface area contributed by atoms with E-state index in [0.717, 1.165) is 18.5 Å². The molecule has 160 valence electrons. The number of carbonyl (C=O) groups excluding carboxylic acids is 2. The Morgan fingerprint density at radius 2 is 2.06 bits per heavy atom. The van der Waals surface area contributed by atoms with E-state index in [1.54, 1.807) is 12.0 Å². The van der Waals surface area contributed by atoms with Crippen LogP contribution in [0.4, 0.5) is 5.69 Å². The molecule has 2 bridgehead atoms. The molecule has 31 heavy (non-hydrogen) atoms. The van der Waals surface area contributed by atoms with E-state index in [0.29, 0.717) is 18.8 Å². The van der Waals surface area contributed by atoms with E-state index < -0.39 is 17.4 Å². The zero-order valence-corrected chi connectivity index (χ0v) is 17.5. The van der Waals surface area contributed by atoms with Crippen molar-refractivity contribution >= 4 is 17.5 Å². The van der Waals surface area contributed by atoms with Gasteiger partial charge in [0.1, 0.15) is 11.4 Å². The number of ether oxygens (including phenoxy) is 2. The van der Waals surface area contributed by atoms with Crippen molar-refractivity contribution in [3.63, 3.8) is 0 Å². The Labute approximate surface area is 181 Å². The number of rotatable bonds is 7. The van der Waals surface area contributed by atoms with Gasteiger partial charge in [-0.2, -0.15) is 0 Å². The van der Waals surface area contributed by atoms with Crippen molar-refractivity contribution in [2.75, 3.05) is 25.1 Å². The van der Waals surface area contributed by atoms with Gasteiger partial charge in [0, 0.05) is 18.3 Å². The summed E-state index contributed by atoms with van der Waals surface area (Å²) in [6, 6.07) is 17.6. The molecule has 5 rings (SSSR count). The van der Waals surface area contributed by atoms with Crippen LogP contribution in [0.2, 0.25) is 0 Å². The number of carbonyl (C=O) groups is 2. The summed E-state index contributed by atoms with van der Waals surface area (Å²) in [5.41, 5.74) is 1.29. The summed E-state index contributed by atoms with van der Waals surface area (Å²) in [7, 11) is 1.60. The molecule has 2 aromatic carbocycles. The average Bonchev–Trinajstić information content (AvgIpc) is 3.45. The third-order valence-electron chi connectivity index (χ3n) is 6.55. The number of benzene rings is 2. The molecule has 2 amide bonds. The number of fused-ring (bicyclic) bond motifs is 1. The lowest BCUT2D eigenvalue weighted by Gasteiger charge is -2.23. The molecule has 2 fully saturated rings. The zero-order chi connectivity index (χ0) is 21.4. The molecule has 1 spiro atoms. The van der Waals surface area contributed by atoms with Crippen LogP contribution >= 0.6 is 0 Å². The monoisotopic (exact) mass is 418 g/mol. The van der Waals surface area contributed by atoms with Crippen LogP contribution in [-0.2, 0) is 20.7 Å². The minimum Gasteiger partial charge on any atom is -0.497 e. The maximum Gasteiger partial charge on any atom is 0.234 e. The summed E-state index contributed by atoms with van der Waals surface area (Å²) < 4.78 is 11.5. The topological polar surface area (TPSA) is 67.9 Å². The number of amides is 2. The van der Waals surface area contributed by atoms with E-state index in [1.807, 2.05) is 54.6 Å². The number of aryl methyl sites for hydroxylation is 1. The number of methoxy groups -OCH3 is 1. The van der Waals surface area contributed by atoms with Crippen LogP contribution in [0.15, 0.2) is 66.7 Å². The molecule has 0 radical (unpaired) electrons. The first kappa shape index (κ1) is 19.8. The van der Waals surface area contributed by atoms with Gasteiger partial charge in [0.25, 0.3) is 0 Å². The highest BCUT2D eigenvalue weighted by Crippen LogP contribution is 2.52. The average molecular weight is 418 g/mol. The molecule has 2 saturated heterocycles.